The fourth-order valence-electron chi connectivity index (χ4n) is 2.19. The highest BCUT2D eigenvalue weighted by Gasteiger charge is 1.97. The summed E-state index contributed by atoms with van der Waals surface area (Å²) in [5.74, 6) is 0.0185. The van der Waals surface area contributed by atoms with Crippen molar-refractivity contribution in [1.82, 2.24) is 4.98 Å². The lowest BCUT2D eigenvalue weighted by molar-refractivity contribution is -0.112. The van der Waals surface area contributed by atoms with E-state index >= 15 is 0 Å². The van der Waals surface area contributed by atoms with Crippen LogP contribution in [0.5, 0.6) is 0 Å². The van der Waals surface area contributed by atoms with E-state index in [1.165, 1.54) is 45.3 Å². The highest BCUT2D eigenvalue weighted by atomic mass is 79.9. The van der Waals surface area contributed by atoms with Crippen molar-refractivity contribution in [3.63, 3.8) is 0 Å². The summed E-state index contributed by atoms with van der Waals surface area (Å²) in [5, 5.41) is 0. The molecule has 1 heterocycles. The summed E-state index contributed by atoms with van der Waals surface area (Å²) in [6.45, 7) is 13.0. The Morgan fingerprint density at radius 2 is 1.46 bits per heavy atom. The maximum Gasteiger partial charge on any atom is 0.152 e. The lowest BCUT2D eigenvalue weighted by atomic mass is 10.1. The molecule has 0 spiro atoms. The third-order valence-corrected chi connectivity index (χ3v) is 4.94. The number of allylic oxidation sites excluding steroid dienone is 1. The first-order valence-electron chi connectivity index (χ1n) is 9.09. The zero-order valence-electron chi connectivity index (χ0n) is 17.3. The first kappa shape index (κ1) is 23.5. The molecule has 3 aromatic rings. The Bertz CT molecular complexity index is 850. The van der Waals surface area contributed by atoms with E-state index < -0.39 is 0 Å². The molecule has 0 aliphatic carbocycles. The van der Waals surface area contributed by atoms with E-state index in [1.807, 2.05) is 37.4 Å². The third-order valence-electron chi connectivity index (χ3n) is 4.08. The average Bonchev–Trinajstić information content (AvgIpc) is 2.69. The van der Waals surface area contributed by atoms with Gasteiger partial charge in [0.2, 0.25) is 0 Å². The Hall–Kier alpha value is -2.52. The van der Waals surface area contributed by atoms with Gasteiger partial charge in [0.05, 0.1) is 0 Å². The second kappa shape index (κ2) is 12.0. The van der Waals surface area contributed by atoms with E-state index in [9.17, 15) is 4.79 Å². The number of nitrogens with zero attached hydrogens (tertiary/aromatic N) is 1. The number of hydrogen-bond acceptors (Lipinski definition) is 2. The summed E-state index contributed by atoms with van der Waals surface area (Å²) in [7, 11) is 0. The van der Waals surface area contributed by atoms with Gasteiger partial charge in [0.25, 0.3) is 0 Å². The van der Waals surface area contributed by atoms with Gasteiger partial charge in [-0.3, -0.25) is 9.78 Å². The number of ketones is 1. The van der Waals surface area contributed by atoms with Gasteiger partial charge in [-0.2, -0.15) is 0 Å². The maximum atomic E-state index is 9.69. The lowest BCUT2D eigenvalue weighted by Gasteiger charge is -2.02. The van der Waals surface area contributed by atoms with Gasteiger partial charge in [-0.1, -0.05) is 65.0 Å². The molecule has 1 aromatic heterocycles. The predicted octanol–water partition coefficient (Wildman–Crippen LogP) is 7.19. The lowest BCUT2D eigenvalue weighted by Crippen LogP contribution is -1.83. The maximum absolute atomic E-state index is 9.69. The van der Waals surface area contributed by atoms with Crippen LogP contribution in [0.25, 0.3) is 11.1 Å². The van der Waals surface area contributed by atoms with E-state index in [0.717, 1.165) is 5.69 Å². The number of rotatable bonds is 2. The van der Waals surface area contributed by atoms with Gasteiger partial charge in [-0.05, 0) is 75.1 Å². The number of carbonyl (C=O) groups is 1. The van der Waals surface area contributed by atoms with Crippen LogP contribution >= 0.6 is 15.9 Å². The Morgan fingerprint density at radius 1 is 0.893 bits per heavy atom. The number of benzene rings is 2. The highest BCUT2D eigenvalue weighted by Crippen LogP contribution is 2.20. The summed E-state index contributed by atoms with van der Waals surface area (Å²) < 4.78 is 1.20. The van der Waals surface area contributed by atoms with Crippen molar-refractivity contribution in [3.05, 3.63) is 100 Å². The number of carbonyl (C=O) groups excluding carboxylic acids is 1. The van der Waals surface area contributed by atoms with Crippen molar-refractivity contribution in [1.29, 1.82) is 0 Å². The highest BCUT2D eigenvalue weighted by molar-refractivity contribution is 9.10. The molecular formula is C25H28BrNO. The second-order valence-corrected chi connectivity index (χ2v) is 7.41. The van der Waals surface area contributed by atoms with E-state index in [0.29, 0.717) is 0 Å². The molecular weight excluding hydrogens is 410 g/mol. The summed E-state index contributed by atoms with van der Waals surface area (Å²) in [6.07, 6.45) is 3.19. The number of halogens is 1. The summed E-state index contributed by atoms with van der Waals surface area (Å²) >= 11 is 3.48. The molecule has 0 atom stereocenters. The van der Waals surface area contributed by atoms with Crippen molar-refractivity contribution >= 4 is 21.7 Å². The van der Waals surface area contributed by atoms with Crippen LogP contribution in [0.2, 0.25) is 0 Å². The minimum absolute atomic E-state index is 0.0185. The van der Waals surface area contributed by atoms with E-state index in [2.05, 4.69) is 78.6 Å². The first-order chi connectivity index (χ1) is 13.2. The third kappa shape index (κ3) is 8.45. The van der Waals surface area contributed by atoms with Crippen LogP contribution in [0.15, 0.2) is 77.9 Å². The van der Waals surface area contributed by atoms with Crippen LogP contribution in [0.3, 0.4) is 0 Å². The molecule has 146 valence electrons. The van der Waals surface area contributed by atoms with Crippen molar-refractivity contribution in [3.8, 4) is 11.1 Å². The van der Waals surface area contributed by atoms with Gasteiger partial charge in [0, 0.05) is 21.9 Å². The minimum atomic E-state index is 0.0185. The molecule has 28 heavy (non-hydrogen) atoms. The van der Waals surface area contributed by atoms with Crippen LogP contribution in [0, 0.1) is 27.7 Å². The van der Waals surface area contributed by atoms with Crippen LogP contribution < -0.4 is 0 Å². The van der Waals surface area contributed by atoms with Crippen LogP contribution in [0.4, 0.5) is 0 Å². The Balaban J connectivity index is 0.000000233. The molecule has 3 rings (SSSR count). The van der Waals surface area contributed by atoms with Crippen molar-refractivity contribution in [2.75, 3.05) is 0 Å². The number of aromatic nitrogens is 1. The van der Waals surface area contributed by atoms with Crippen LogP contribution in [0.1, 0.15) is 29.3 Å². The van der Waals surface area contributed by atoms with Crippen molar-refractivity contribution in [2.45, 2.75) is 34.6 Å². The molecule has 0 aliphatic rings. The van der Waals surface area contributed by atoms with Crippen molar-refractivity contribution < 1.29 is 4.79 Å². The van der Waals surface area contributed by atoms with Crippen LogP contribution in [-0.2, 0) is 4.79 Å². The normalized spacial score (nSPS) is 9.36. The van der Waals surface area contributed by atoms with Gasteiger partial charge in [-0.25, -0.2) is 0 Å². The van der Waals surface area contributed by atoms with Gasteiger partial charge in [-0.15, -0.1) is 0 Å². The Kier molecular flexibility index (Phi) is 10.1. The standard InChI is InChI=1S/C12H11N.C9H11Br.C4H6O/c1-10-7-8-12(9-13-10)11-5-3-2-4-6-11;1-6-4-8(3)9(10)5-7(6)2;1-3-4(2)5/h2-9H,1H3;4-5H,1-3H3;3H,1H2,2H3. The minimum Gasteiger partial charge on any atom is -0.295 e. The molecule has 0 saturated carbocycles. The van der Waals surface area contributed by atoms with E-state index in [-0.39, 0.29) is 5.78 Å². The number of pyridine rings is 1. The summed E-state index contributed by atoms with van der Waals surface area (Å²) in [4.78, 5) is 13.9. The number of aryl methyl sites for hydroxylation is 4. The average molecular weight is 438 g/mol. The van der Waals surface area contributed by atoms with Gasteiger partial charge < -0.3 is 0 Å². The predicted molar refractivity (Wildman–Crippen MR) is 124 cm³/mol. The molecule has 0 radical (unpaired) electrons. The molecule has 2 nitrogen and oxygen atoms in total. The van der Waals surface area contributed by atoms with Crippen LogP contribution in [-0.4, -0.2) is 10.8 Å². The molecule has 0 bridgehead atoms. The molecule has 0 amide bonds. The molecule has 0 aliphatic heterocycles. The zero-order valence-corrected chi connectivity index (χ0v) is 18.9. The largest absolute Gasteiger partial charge is 0.295 e. The fourth-order valence-corrected chi connectivity index (χ4v) is 2.65. The molecule has 3 heteroatoms. The number of hydrogen-bond donors (Lipinski definition) is 0. The second-order valence-electron chi connectivity index (χ2n) is 6.55. The Labute approximate surface area is 177 Å². The summed E-state index contributed by atoms with van der Waals surface area (Å²) in [5.41, 5.74) is 7.46. The fraction of sp³-hybridized carbons (Fsp3) is 0.200. The van der Waals surface area contributed by atoms with Gasteiger partial charge >= 0.3 is 0 Å². The topological polar surface area (TPSA) is 30.0 Å². The quantitative estimate of drug-likeness (QED) is 0.396. The monoisotopic (exact) mass is 437 g/mol. The van der Waals surface area contributed by atoms with Crippen molar-refractivity contribution in [2.24, 2.45) is 0 Å². The Morgan fingerprint density at radius 3 is 1.93 bits per heavy atom. The molecule has 0 fully saturated rings. The van der Waals surface area contributed by atoms with Gasteiger partial charge in [0.15, 0.2) is 5.78 Å². The SMILES string of the molecule is C=CC(C)=O.Cc1cc(C)c(Br)cc1C.Cc1ccc(-c2ccccc2)cn1. The first-order valence-corrected chi connectivity index (χ1v) is 9.88. The molecule has 0 unspecified atom stereocenters. The summed E-state index contributed by atoms with van der Waals surface area (Å²) in [6, 6.07) is 18.7. The molecule has 0 saturated heterocycles. The zero-order chi connectivity index (χ0) is 21.1. The smallest absolute Gasteiger partial charge is 0.152 e. The van der Waals surface area contributed by atoms with Gasteiger partial charge in [0.1, 0.15) is 0 Å². The van der Waals surface area contributed by atoms with E-state index in [4.69, 9.17) is 0 Å². The molecule has 0 N–H and O–H groups in total. The molecule has 2 aromatic carbocycles. The van der Waals surface area contributed by atoms with E-state index in [1.54, 1.807) is 0 Å².